The molecule has 0 saturated carbocycles. The van der Waals surface area contributed by atoms with Gasteiger partial charge >= 0.3 is 0 Å². The van der Waals surface area contributed by atoms with E-state index in [-0.39, 0.29) is 23.1 Å². The topological polar surface area (TPSA) is 114 Å². The van der Waals surface area contributed by atoms with Crippen molar-refractivity contribution in [3.63, 3.8) is 0 Å². The number of hydrogen-bond donors (Lipinski definition) is 2. The molecule has 3 heterocycles. The van der Waals surface area contributed by atoms with Crippen LogP contribution in [0.5, 0.6) is 17.4 Å². The van der Waals surface area contributed by atoms with Crippen LogP contribution in [0.25, 0.3) is 21.8 Å². The number of azo groups is 1. The molecule has 0 unspecified atom stereocenters. The van der Waals surface area contributed by atoms with Gasteiger partial charge in [-0.15, -0.1) is 10.2 Å². The lowest BCUT2D eigenvalue weighted by molar-refractivity contribution is 0.172. The Kier molecular flexibility index (Phi) is 3.94. The predicted molar refractivity (Wildman–Crippen MR) is 107 cm³/mol. The largest absolute Gasteiger partial charge is 0.493 e. The maximum Gasteiger partial charge on any atom is 0.262 e. The number of benzene rings is 2. The number of rotatable bonds is 3. The van der Waals surface area contributed by atoms with E-state index in [0.29, 0.717) is 53.1 Å². The number of fused-ring (bicyclic) bond motifs is 3. The van der Waals surface area contributed by atoms with Crippen molar-refractivity contribution in [2.45, 2.75) is 13.5 Å². The smallest absolute Gasteiger partial charge is 0.262 e. The fourth-order valence-corrected chi connectivity index (χ4v) is 3.42. The molecule has 0 bridgehead atoms. The van der Waals surface area contributed by atoms with Crippen molar-refractivity contribution in [3.05, 3.63) is 46.8 Å². The summed E-state index contributed by atoms with van der Waals surface area (Å²) < 4.78 is 12.6. The molecule has 146 valence electrons. The Morgan fingerprint density at radius 3 is 2.69 bits per heavy atom. The number of nitrogens with one attached hydrogen (secondary N) is 1. The SMILES string of the molecule is CCn1c(N=Nc2c(O)[nH]c3cc4c(cc23)OCCO4)nc2ccccc2c1=O. The monoisotopic (exact) mass is 391 g/mol. The highest BCUT2D eigenvalue weighted by Crippen LogP contribution is 2.42. The second kappa shape index (κ2) is 6.62. The Morgan fingerprint density at radius 2 is 1.90 bits per heavy atom. The molecule has 0 spiro atoms. The first-order valence-electron chi connectivity index (χ1n) is 9.21. The molecule has 0 atom stereocenters. The molecule has 1 aliphatic heterocycles. The normalized spacial score (nSPS) is 13.6. The van der Waals surface area contributed by atoms with Gasteiger partial charge in [-0.1, -0.05) is 12.1 Å². The van der Waals surface area contributed by atoms with E-state index in [4.69, 9.17) is 9.47 Å². The van der Waals surface area contributed by atoms with Crippen molar-refractivity contribution in [1.29, 1.82) is 0 Å². The lowest BCUT2D eigenvalue weighted by Gasteiger charge is -2.18. The summed E-state index contributed by atoms with van der Waals surface area (Å²) in [7, 11) is 0. The number of hydrogen-bond acceptors (Lipinski definition) is 7. The highest BCUT2D eigenvalue weighted by Gasteiger charge is 2.18. The van der Waals surface area contributed by atoms with Crippen molar-refractivity contribution in [2.24, 2.45) is 10.2 Å². The number of para-hydroxylation sites is 1. The fraction of sp³-hybridized carbons (Fsp3) is 0.200. The van der Waals surface area contributed by atoms with Crippen LogP contribution >= 0.6 is 0 Å². The van der Waals surface area contributed by atoms with Crippen LogP contribution < -0.4 is 15.0 Å². The standard InChI is InChI=1S/C20H17N5O4/c1-2-25-19(27)11-5-3-4-6-13(11)22-20(25)24-23-17-12-9-15-16(29-8-7-28-15)10-14(12)21-18(17)26/h3-6,9-10,21,26H,2,7-8H2,1H3. The lowest BCUT2D eigenvalue weighted by atomic mass is 10.2. The Labute approximate surface area is 164 Å². The van der Waals surface area contributed by atoms with Gasteiger partial charge in [0.15, 0.2) is 17.2 Å². The van der Waals surface area contributed by atoms with Gasteiger partial charge in [0.2, 0.25) is 5.88 Å². The second-order valence-electron chi connectivity index (χ2n) is 6.54. The van der Waals surface area contributed by atoms with E-state index in [1.165, 1.54) is 4.57 Å². The molecule has 5 rings (SSSR count). The minimum atomic E-state index is -0.185. The fourth-order valence-electron chi connectivity index (χ4n) is 3.42. The minimum Gasteiger partial charge on any atom is -0.493 e. The molecule has 0 aliphatic carbocycles. The van der Waals surface area contributed by atoms with Gasteiger partial charge in [0.25, 0.3) is 11.5 Å². The molecule has 9 heteroatoms. The third-order valence-electron chi connectivity index (χ3n) is 4.81. The van der Waals surface area contributed by atoms with Crippen LogP contribution in [0.2, 0.25) is 0 Å². The van der Waals surface area contributed by atoms with Crippen LogP contribution in [0.4, 0.5) is 11.6 Å². The maximum absolute atomic E-state index is 12.7. The highest BCUT2D eigenvalue weighted by molar-refractivity contribution is 5.96. The minimum absolute atomic E-state index is 0.141. The lowest BCUT2D eigenvalue weighted by Crippen LogP contribution is -2.20. The maximum atomic E-state index is 12.7. The van der Waals surface area contributed by atoms with E-state index >= 15 is 0 Å². The van der Waals surface area contributed by atoms with E-state index in [1.807, 2.05) is 13.0 Å². The molecular weight excluding hydrogens is 374 g/mol. The summed E-state index contributed by atoms with van der Waals surface area (Å²) in [5, 5.41) is 19.8. The van der Waals surface area contributed by atoms with Gasteiger partial charge in [0.05, 0.1) is 16.4 Å². The number of H-pyrrole nitrogens is 1. The van der Waals surface area contributed by atoms with E-state index in [0.717, 1.165) is 0 Å². The molecule has 0 amide bonds. The van der Waals surface area contributed by atoms with Crippen molar-refractivity contribution in [1.82, 2.24) is 14.5 Å². The number of ether oxygens (including phenoxy) is 2. The summed E-state index contributed by atoms with van der Waals surface area (Å²) in [6.07, 6.45) is 0. The van der Waals surface area contributed by atoms with E-state index in [2.05, 4.69) is 20.2 Å². The summed E-state index contributed by atoms with van der Waals surface area (Å²) in [5.74, 6) is 1.21. The van der Waals surface area contributed by atoms with E-state index in [1.54, 1.807) is 30.3 Å². The molecule has 0 saturated heterocycles. The van der Waals surface area contributed by atoms with Crippen molar-refractivity contribution in [3.8, 4) is 17.4 Å². The van der Waals surface area contributed by atoms with E-state index < -0.39 is 0 Å². The van der Waals surface area contributed by atoms with Crippen LogP contribution in [-0.2, 0) is 6.54 Å². The van der Waals surface area contributed by atoms with Gasteiger partial charge in [-0.2, -0.15) is 0 Å². The molecule has 1 aliphatic rings. The van der Waals surface area contributed by atoms with Crippen molar-refractivity contribution in [2.75, 3.05) is 13.2 Å². The zero-order chi connectivity index (χ0) is 20.0. The third kappa shape index (κ3) is 2.78. The van der Waals surface area contributed by atoms with Crippen LogP contribution in [0.15, 0.2) is 51.4 Å². The average Bonchev–Trinajstić information content (AvgIpc) is 3.04. The molecular formula is C20H17N5O4. The number of aromatic hydroxyl groups is 1. The summed E-state index contributed by atoms with van der Waals surface area (Å²) in [6.45, 7) is 3.16. The van der Waals surface area contributed by atoms with Crippen LogP contribution in [0.3, 0.4) is 0 Å². The van der Waals surface area contributed by atoms with Crippen LogP contribution in [0, 0.1) is 0 Å². The number of aromatic nitrogens is 3. The first-order chi connectivity index (χ1) is 14.2. The van der Waals surface area contributed by atoms with E-state index in [9.17, 15) is 9.90 Å². The molecule has 9 nitrogen and oxygen atoms in total. The zero-order valence-corrected chi connectivity index (χ0v) is 15.5. The van der Waals surface area contributed by atoms with Crippen LogP contribution in [0.1, 0.15) is 6.92 Å². The molecule has 2 aromatic carbocycles. The molecule has 0 radical (unpaired) electrons. The predicted octanol–water partition coefficient (Wildman–Crippen LogP) is 3.79. The van der Waals surface area contributed by atoms with Gasteiger partial charge < -0.3 is 19.6 Å². The quantitative estimate of drug-likeness (QED) is 0.516. The van der Waals surface area contributed by atoms with Gasteiger partial charge in [0, 0.05) is 18.0 Å². The van der Waals surface area contributed by atoms with Gasteiger partial charge in [-0.3, -0.25) is 9.36 Å². The Hall–Kier alpha value is -3.88. The second-order valence-corrected chi connectivity index (χ2v) is 6.54. The Balaban J connectivity index is 1.64. The first-order valence-corrected chi connectivity index (χ1v) is 9.21. The van der Waals surface area contributed by atoms with Crippen LogP contribution in [-0.4, -0.2) is 32.9 Å². The molecule has 29 heavy (non-hydrogen) atoms. The molecule has 2 N–H and O–H groups in total. The third-order valence-corrected chi connectivity index (χ3v) is 4.81. The van der Waals surface area contributed by atoms with Crippen molar-refractivity contribution >= 4 is 33.4 Å². The molecule has 4 aromatic rings. The summed E-state index contributed by atoms with van der Waals surface area (Å²) in [6, 6.07) is 10.6. The Morgan fingerprint density at radius 1 is 1.14 bits per heavy atom. The van der Waals surface area contributed by atoms with Gasteiger partial charge in [-0.05, 0) is 25.1 Å². The molecule has 0 fully saturated rings. The first kappa shape index (κ1) is 17.2. The summed E-state index contributed by atoms with van der Waals surface area (Å²) in [4.78, 5) is 20.0. The Bertz CT molecular complexity index is 1340. The number of aromatic amines is 1. The average molecular weight is 391 g/mol. The van der Waals surface area contributed by atoms with Gasteiger partial charge in [0.1, 0.15) is 13.2 Å². The summed E-state index contributed by atoms with van der Waals surface area (Å²) >= 11 is 0. The number of nitrogens with zero attached hydrogens (tertiary/aromatic N) is 4. The van der Waals surface area contributed by atoms with Crippen molar-refractivity contribution < 1.29 is 14.6 Å². The molecule has 2 aromatic heterocycles. The summed E-state index contributed by atoms with van der Waals surface area (Å²) in [5.41, 5.74) is 1.23. The van der Waals surface area contributed by atoms with Gasteiger partial charge in [-0.25, -0.2) is 4.98 Å². The zero-order valence-electron chi connectivity index (χ0n) is 15.5. The highest BCUT2D eigenvalue weighted by atomic mass is 16.6.